The van der Waals surface area contributed by atoms with Crippen LogP contribution in [0.25, 0.3) is 0 Å². The highest BCUT2D eigenvalue weighted by molar-refractivity contribution is 5.80. The number of aryl methyl sites for hydroxylation is 2. The van der Waals surface area contributed by atoms with Gasteiger partial charge in [-0.05, 0) is 48.6 Å². The fourth-order valence-corrected chi connectivity index (χ4v) is 3.43. The van der Waals surface area contributed by atoms with Gasteiger partial charge in [0.05, 0.1) is 20.4 Å². The highest BCUT2D eigenvalue weighted by atomic mass is 16.5. The quantitative estimate of drug-likeness (QED) is 0.479. The zero-order chi connectivity index (χ0) is 19.2. The molecule has 0 unspecified atom stereocenters. The van der Waals surface area contributed by atoms with Crippen molar-refractivity contribution in [2.24, 2.45) is 4.99 Å². The number of fused-ring (bicyclic) bond motifs is 1. The van der Waals surface area contributed by atoms with Crippen LogP contribution in [0.2, 0.25) is 0 Å². The second-order valence-electron chi connectivity index (χ2n) is 6.76. The maximum Gasteiger partial charge on any atom is 0.193 e. The van der Waals surface area contributed by atoms with Crippen molar-refractivity contribution in [1.82, 2.24) is 20.0 Å². The van der Waals surface area contributed by atoms with Gasteiger partial charge in [0, 0.05) is 39.4 Å². The van der Waals surface area contributed by atoms with Crippen molar-refractivity contribution in [3.05, 3.63) is 41.2 Å². The van der Waals surface area contributed by atoms with Crippen molar-refractivity contribution in [1.29, 1.82) is 0 Å². The molecule has 0 fully saturated rings. The molecule has 0 aliphatic carbocycles. The zero-order valence-electron chi connectivity index (χ0n) is 16.7. The van der Waals surface area contributed by atoms with Gasteiger partial charge in [-0.3, -0.25) is 9.67 Å². The summed E-state index contributed by atoms with van der Waals surface area (Å²) in [5, 5.41) is 7.80. The van der Waals surface area contributed by atoms with Crippen molar-refractivity contribution in [3.63, 3.8) is 0 Å². The van der Waals surface area contributed by atoms with Crippen LogP contribution in [0.15, 0.2) is 29.5 Å². The van der Waals surface area contributed by atoms with Crippen LogP contribution < -0.4 is 14.8 Å². The van der Waals surface area contributed by atoms with Crippen LogP contribution in [0.5, 0.6) is 11.5 Å². The molecule has 146 valence electrons. The van der Waals surface area contributed by atoms with E-state index in [-0.39, 0.29) is 0 Å². The van der Waals surface area contributed by atoms with Gasteiger partial charge in [-0.15, -0.1) is 0 Å². The molecule has 7 heteroatoms. The summed E-state index contributed by atoms with van der Waals surface area (Å²) in [6.45, 7) is 5.56. The predicted molar refractivity (Wildman–Crippen MR) is 107 cm³/mol. The van der Waals surface area contributed by atoms with Crippen molar-refractivity contribution in [2.45, 2.75) is 32.9 Å². The second kappa shape index (κ2) is 8.79. The molecule has 27 heavy (non-hydrogen) atoms. The molecule has 0 amide bonds. The van der Waals surface area contributed by atoms with Crippen LogP contribution in [-0.2, 0) is 19.5 Å². The minimum atomic E-state index is 0.774. The van der Waals surface area contributed by atoms with Gasteiger partial charge in [-0.25, -0.2) is 0 Å². The van der Waals surface area contributed by atoms with E-state index < -0.39 is 0 Å². The number of nitrogens with zero attached hydrogens (tertiary/aromatic N) is 4. The molecule has 1 aromatic heterocycles. The Labute approximate surface area is 161 Å². The molecule has 0 spiro atoms. The Morgan fingerprint density at radius 1 is 1.22 bits per heavy atom. The summed E-state index contributed by atoms with van der Waals surface area (Å²) in [6.07, 6.45) is 5.91. The summed E-state index contributed by atoms with van der Waals surface area (Å²) in [6, 6.07) is 4.17. The number of guanidine groups is 1. The van der Waals surface area contributed by atoms with Crippen molar-refractivity contribution in [2.75, 3.05) is 34.4 Å². The molecular weight excluding hydrogens is 342 g/mol. The van der Waals surface area contributed by atoms with E-state index in [1.54, 1.807) is 14.2 Å². The molecule has 0 bridgehead atoms. The number of aromatic nitrogens is 2. The number of nitrogens with one attached hydrogen (secondary N) is 1. The van der Waals surface area contributed by atoms with Gasteiger partial charge in [0.25, 0.3) is 0 Å². The second-order valence-corrected chi connectivity index (χ2v) is 6.76. The summed E-state index contributed by atoms with van der Waals surface area (Å²) in [7, 11) is 5.19. The molecule has 2 aromatic rings. The Morgan fingerprint density at radius 3 is 2.59 bits per heavy atom. The average Bonchev–Trinajstić information content (AvgIpc) is 3.11. The smallest absolute Gasteiger partial charge is 0.193 e. The van der Waals surface area contributed by atoms with Crippen LogP contribution in [0, 0.1) is 6.92 Å². The number of aliphatic imine (C=N–C) groups is 1. The van der Waals surface area contributed by atoms with E-state index in [1.165, 1.54) is 16.7 Å². The van der Waals surface area contributed by atoms with Gasteiger partial charge in [0.15, 0.2) is 17.5 Å². The van der Waals surface area contributed by atoms with Crippen LogP contribution in [0.4, 0.5) is 0 Å². The molecule has 0 radical (unpaired) electrons. The topological polar surface area (TPSA) is 63.9 Å². The van der Waals surface area contributed by atoms with Crippen LogP contribution in [0.1, 0.15) is 23.1 Å². The largest absolute Gasteiger partial charge is 0.493 e. The minimum Gasteiger partial charge on any atom is -0.493 e. The van der Waals surface area contributed by atoms with E-state index >= 15 is 0 Å². The first-order valence-corrected chi connectivity index (χ1v) is 9.33. The lowest BCUT2D eigenvalue weighted by Gasteiger charge is -2.32. The first kappa shape index (κ1) is 19.1. The maximum absolute atomic E-state index is 5.45. The van der Waals surface area contributed by atoms with E-state index in [4.69, 9.17) is 9.47 Å². The SMILES string of the molecule is CN=C(NCCCn1cc(C)cn1)N1CCc2cc(OC)c(OC)cc2C1. The van der Waals surface area contributed by atoms with E-state index in [0.29, 0.717) is 0 Å². The Hall–Kier alpha value is -2.70. The standard InChI is InChI=1S/C20H29N5O2/c1-15-12-23-25(13-15)8-5-7-22-20(21-2)24-9-6-16-10-18(26-3)19(27-4)11-17(16)14-24/h10-13H,5-9,14H2,1-4H3,(H,21,22). The summed E-state index contributed by atoms with van der Waals surface area (Å²) >= 11 is 0. The molecule has 1 aliphatic rings. The van der Waals surface area contributed by atoms with E-state index in [2.05, 4.69) is 45.6 Å². The van der Waals surface area contributed by atoms with Crippen LogP contribution >= 0.6 is 0 Å². The fraction of sp³-hybridized carbons (Fsp3) is 0.500. The van der Waals surface area contributed by atoms with E-state index in [1.807, 2.05) is 17.9 Å². The molecule has 0 saturated carbocycles. The van der Waals surface area contributed by atoms with E-state index in [0.717, 1.165) is 56.5 Å². The zero-order valence-corrected chi connectivity index (χ0v) is 16.7. The van der Waals surface area contributed by atoms with Crippen molar-refractivity contribution < 1.29 is 9.47 Å². The Balaban J connectivity index is 1.57. The lowest BCUT2D eigenvalue weighted by Crippen LogP contribution is -2.44. The highest BCUT2D eigenvalue weighted by Gasteiger charge is 2.21. The van der Waals surface area contributed by atoms with E-state index in [9.17, 15) is 0 Å². The third-order valence-electron chi connectivity index (χ3n) is 4.84. The Morgan fingerprint density at radius 2 is 1.96 bits per heavy atom. The van der Waals surface area contributed by atoms with Crippen LogP contribution in [0.3, 0.4) is 0 Å². The Bertz CT molecular complexity index is 800. The van der Waals surface area contributed by atoms with Gasteiger partial charge < -0.3 is 19.7 Å². The van der Waals surface area contributed by atoms with Gasteiger partial charge in [-0.1, -0.05) is 0 Å². The summed E-state index contributed by atoms with van der Waals surface area (Å²) in [4.78, 5) is 6.75. The summed E-state index contributed by atoms with van der Waals surface area (Å²) in [5.74, 6) is 2.50. The summed E-state index contributed by atoms with van der Waals surface area (Å²) in [5.41, 5.74) is 3.76. The monoisotopic (exact) mass is 371 g/mol. The number of hydrogen-bond acceptors (Lipinski definition) is 4. The molecular formula is C20H29N5O2. The van der Waals surface area contributed by atoms with Crippen molar-refractivity contribution >= 4 is 5.96 Å². The molecule has 1 aliphatic heterocycles. The molecule has 2 heterocycles. The molecule has 1 N–H and O–H groups in total. The molecule has 7 nitrogen and oxygen atoms in total. The minimum absolute atomic E-state index is 0.774. The van der Waals surface area contributed by atoms with Gasteiger partial charge in [0.2, 0.25) is 0 Å². The average molecular weight is 371 g/mol. The fourth-order valence-electron chi connectivity index (χ4n) is 3.43. The maximum atomic E-state index is 5.45. The molecule has 1 aromatic carbocycles. The van der Waals surface area contributed by atoms with Gasteiger partial charge >= 0.3 is 0 Å². The number of methoxy groups -OCH3 is 2. The third-order valence-corrected chi connectivity index (χ3v) is 4.84. The van der Waals surface area contributed by atoms with Gasteiger partial charge in [-0.2, -0.15) is 5.10 Å². The molecule has 0 atom stereocenters. The van der Waals surface area contributed by atoms with Crippen molar-refractivity contribution in [3.8, 4) is 11.5 Å². The normalized spacial score (nSPS) is 14.1. The summed E-state index contributed by atoms with van der Waals surface area (Å²) < 4.78 is 12.9. The highest BCUT2D eigenvalue weighted by Crippen LogP contribution is 2.33. The number of ether oxygens (including phenoxy) is 2. The number of rotatable bonds is 6. The lowest BCUT2D eigenvalue weighted by atomic mass is 9.99. The third kappa shape index (κ3) is 4.53. The lowest BCUT2D eigenvalue weighted by molar-refractivity contribution is 0.345. The molecule has 3 rings (SSSR count). The van der Waals surface area contributed by atoms with Gasteiger partial charge in [0.1, 0.15) is 0 Å². The number of benzene rings is 1. The van der Waals surface area contributed by atoms with Crippen LogP contribution in [-0.4, -0.2) is 55.0 Å². The molecule has 0 saturated heterocycles. The first-order valence-electron chi connectivity index (χ1n) is 9.33. The Kier molecular flexibility index (Phi) is 6.21. The number of hydrogen-bond donors (Lipinski definition) is 1. The predicted octanol–water partition coefficient (Wildman–Crippen LogP) is 2.23. The first-order chi connectivity index (χ1) is 13.1.